The van der Waals surface area contributed by atoms with E-state index in [9.17, 15) is 18.4 Å². The van der Waals surface area contributed by atoms with E-state index < -0.39 is 12.7 Å². The molecule has 0 saturated carbocycles. The Hall–Kier alpha value is -2.84. The van der Waals surface area contributed by atoms with Crippen LogP contribution in [-0.2, 0) is 9.53 Å². The van der Waals surface area contributed by atoms with Crippen LogP contribution in [0.5, 0.6) is 11.5 Å². The molecule has 0 unspecified atom stereocenters. The van der Waals surface area contributed by atoms with Crippen LogP contribution in [0, 0.1) is 0 Å². The predicted molar refractivity (Wildman–Crippen MR) is 93.8 cm³/mol. The van der Waals surface area contributed by atoms with Crippen molar-refractivity contribution in [3.8, 4) is 11.5 Å². The molecule has 1 aromatic rings. The summed E-state index contributed by atoms with van der Waals surface area (Å²) in [7, 11) is 1.34. The molecule has 0 aromatic heterocycles. The third-order valence-corrected chi connectivity index (χ3v) is 3.96. The lowest BCUT2D eigenvalue weighted by molar-refractivity contribution is -0.127. The number of methoxy groups -OCH3 is 1. The maximum atomic E-state index is 12.6. The van der Waals surface area contributed by atoms with Crippen molar-refractivity contribution in [1.29, 1.82) is 0 Å². The van der Waals surface area contributed by atoms with Gasteiger partial charge in [-0.3, -0.25) is 4.79 Å². The van der Waals surface area contributed by atoms with E-state index in [1.54, 1.807) is 24.0 Å². The molecule has 7 nitrogen and oxygen atoms in total. The van der Waals surface area contributed by atoms with E-state index in [-0.39, 0.29) is 17.4 Å². The minimum Gasteiger partial charge on any atom is -0.493 e. The van der Waals surface area contributed by atoms with Crippen LogP contribution >= 0.6 is 0 Å². The molecular formula is C18H22F2N2O5. The number of alkyl halides is 2. The van der Waals surface area contributed by atoms with Gasteiger partial charge in [0.05, 0.1) is 13.7 Å². The Morgan fingerprint density at radius 2 is 1.85 bits per heavy atom. The Kier molecular flexibility index (Phi) is 7.39. The van der Waals surface area contributed by atoms with Gasteiger partial charge < -0.3 is 24.0 Å². The highest BCUT2D eigenvalue weighted by Crippen LogP contribution is 2.33. The number of carbonyl (C=O) groups is 2. The summed E-state index contributed by atoms with van der Waals surface area (Å²) in [6.07, 6.45) is 2.29. The van der Waals surface area contributed by atoms with Crippen molar-refractivity contribution in [2.45, 2.75) is 13.5 Å². The van der Waals surface area contributed by atoms with Gasteiger partial charge >= 0.3 is 12.7 Å². The van der Waals surface area contributed by atoms with Gasteiger partial charge in [0.15, 0.2) is 11.5 Å². The van der Waals surface area contributed by atoms with Gasteiger partial charge in [-0.25, -0.2) is 4.79 Å². The quantitative estimate of drug-likeness (QED) is 0.706. The number of para-hydroxylation sites is 1. The van der Waals surface area contributed by atoms with Crippen LogP contribution in [0.15, 0.2) is 24.3 Å². The number of carbonyl (C=O) groups excluding carboxylic acids is 2. The lowest BCUT2D eigenvalue weighted by Crippen LogP contribution is -2.50. The number of piperazine rings is 1. The van der Waals surface area contributed by atoms with Crippen molar-refractivity contribution in [3.05, 3.63) is 29.8 Å². The van der Waals surface area contributed by atoms with Gasteiger partial charge in [0.1, 0.15) is 0 Å². The molecule has 1 fully saturated rings. The summed E-state index contributed by atoms with van der Waals surface area (Å²) in [6.45, 7) is 0.479. The second-order valence-corrected chi connectivity index (χ2v) is 5.60. The van der Waals surface area contributed by atoms with E-state index in [0.717, 1.165) is 0 Å². The molecule has 148 valence electrons. The van der Waals surface area contributed by atoms with Crippen molar-refractivity contribution in [3.63, 3.8) is 0 Å². The molecule has 27 heavy (non-hydrogen) atoms. The van der Waals surface area contributed by atoms with Crippen molar-refractivity contribution >= 4 is 18.1 Å². The third kappa shape index (κ3) is 5.57. The second-order valence-electron chi connectivity index (χ2n) is 5.60. The maximum Gasteiger partial charge on any atom is 0.409 e. The SMILES string of the molecule is CCOC(=O)N1CCN(C(=O)/C=C/c2cccc(OC)c2OC(F)F)CC1. The number of halogens is 2. The average Bonchev–Trinajstić information content (AvgIpc) is 2.66. The van der Waals surface area contributed by atoms with Gasteiger partial charge in [-0.05, 0) is 19.1 Å². The van der Waals surface area contributed by atoms with Crippen molar-refractivity contribution in [2.75, 3.05) is 39.9 Å². The van der Waals surface area contributed by atoms with Gasteiger partial charge in [0.25, 0.3) is 0 Å². The summed E-state index contributed by atoms with van der Waals surface area (Å²) in [5.74, 6) is -0.275. The zero-order valence-electron chi connectivity index (χ0n) is 15.2. The summed E-state index contributed by atoms with van der Waals surface area (Å²) < 4.78 is 39.8. The molecule has 2 rings (SSSR count). The minimum absolute atomic E-state index is 0.133. The smallest absolute Gasteiger partial charge is 0.409 e. The fourth-order valence-electron chi connectivity index (χ4n) is 2.63. The highest BCUT2D eigenvalue weighted by molar-refractivity contribution is 5.92. The molecule has 0 radical (unpaired) electrons. The topological polar surface area (TPSA) is 68.3 Å². The van der Waals surface area contributed by atoms with E-state index in [0.29, 0.717) is 38.3 Å². The largest absolute Gasteiger partial charge is 0.493 e. The zero-order valence-corrected chi connectivity index (χ0v) is 15.2. The van der Waals surface area contributed by atoms with Gasteiger partial charge in [0, 0.05) is 37.8 Å². The van der Waals surface area contributed by atoms with Crippen LogP contribution in [0.1, 0.15) is 12.5 Å². The molecule has 0 spiro atoms. The van der Waals surface area contributed by atoms with Crippen LogP contribution in [-0.4, -0.2) is 68.3 Å². The van der Waals surface area contributed by atoms with Crippen LogP contribution in [0.3, 0.4) is 0 Å². The fraction of sp³-hybridized carbons (Fsp3) is 0.444. The van der Waals surface area contributed by atoms with Gasteiger partial charge in [0.2, 0.25) is 5.91 Å². The molecule has 1 heterocycles. The normalized spacial score (nSPS) is 14.6. The number of hydrogen-bond donors (Lipinski definition) is 0. The van der Waals surface area contributed by atoms with Crippen molar-refractivity contribution in [2.24, 2.45) is 0 Å². The molecule has 1 saturated heterocycles. The standard InChI is InChI=1S/C18H22F2N2O5/c1-3-26-18(24)22-11-9-21(10-12-22)15(23)8-7-13-5-4-6-14(25-2)16(13)27-17(19)20/h4-8,17H,3,9-12H2,1-2H3/b8-7+. The maximum absolute atomic E-state index is 12.6. The molecule has 0 atom stereocenters. The first-order valence-corrected chi connectivity index (χ1v) is 8.46. The van der Waals surface area contributed by atoms with E-state index >= 15 is 0 Å². The Bertz CT molecular complexity index is 688. The summed E-state index contributed by atoms with van der Waals surface area (Å²) >= 11 is 0. The second kappa shape index (κ2) is 9.75. The lowest BCUT2D eigenvalue weighted by atomic mass is 10.1. The van der Waals surface area contributed by atoms with Crippen LogP contribution < -0.4 is 9.47 Å². The monoisotopic (exact) mass is 384 g/mol. The van der Waals surface area contributed by atoms with Crippen LogP contribution in [0.2, 0.25) is 0 Å². The Morgan fingerprint density at radius 1 is 1.19 bits per heavy atom. The van der Waals surface area contributed by atoms with Crippen LogP contribution in [0.25, 0.3) is 6.08 Å². The van der Waals surface area contributed by atoms with E-state index in [1.807, 2.05) is 0 Å². The number of ether oxygens (including phenoxy) is 3. The highest BCUT2D eigenvalue weighted by atomic mass is 19.3. The predicted octanol–water partition coefficient (Wildman–Crippen LogP) is 2.61. The van der Waals surface area contributed by atoms with Crippen molar-refractivity contribution in [1.82, 2.24) is 9.80 Å². The molecule has 0 aliphatic carbocycles. The summed E-state index contributed by atoms with van der Waals surface area (Å²) in [5.41, 5.74) is 0.299. The number of nitrogens with zero attached hydrogens (tertiary/aromatic N) is 2. The third-order valence-electron chi connectivity index (χ3n) is 3.96. The van der Waals surface area contributed by atoms with E-state index in [1.165, 1.54) is 30.2 Å². The first-order valence-electron chi connectivity index (χ1n) is 8.46. The average molecular weight is 384 g/mol. The number of rotatable bonds is 6. The first kappa shape index (κ1) is 20.5. The van der Waals surface area contributed by atoms with Gasteiger partial charge in [-0.1, -0.05) is 12.1 Å². The lowest BCUT2D eigenvalue weighted by Gasteiger charge is -2.33. The molecule has 1 aromatic carbocycles. The number of hydrogen-bond acceptors (Lipinski definition) is 5. The Labute approximate surface area is 156 Å². The molecule has 0 N–H and O–H groups in total. The molecular weight excluding hydrogens is 362 g/mol. The molecule has 2 amide bonds. The minimum atomic E-state index is -3.01. The highest BCUT2D eigenvalue weighted by Gasteiger charge is 2.24. The summed E-state index contributed by atoms with van der Waals surface area (Å²) in [4.78, 5) is 27.1. The fourth-order valence-corrected chi connectivity index (χ4v) is 2.63. The first-order chi connectivity index (χ1) is 13.0. The van der Waals surface area contributed by atoms with E-state index in [2.05, 4.69) is 4.74 Å². The van der Waals surface area contributed by atoms with Crippen LogP contribution in [0.4, 0.5) is 13.6 Å². The van der Waals surface area contributed by atoms with Gasteiger partial charge in [-0.15, -0.1) is 0 Å². The summed E-state index contributed by atoms with van der Waals surface area (Å²) in [6, 6.07) is 4.65. The van der Waals surface area contributed by atoms with Gasteiger partial charge in [-0.2, -0.15) is 8.78 Å². The Balaban J connectivity index is 2.02. The summed E-state index contributed by atoms with van der Waals surface area (Å²) in [5, 5.41) is 0. The molecule has 9 heteroatoms. The number of amides is 2. The van der Waals surface area contributed by atoms with E-state index in [4.69, 9.17) is 9.47 Å². The number of benzene rings is 1. The molecule has 0 bridgehead atoms. The molecule has 1 aliphatic rings. The Morgan fingerprint density at radius 3 is 2.44 bits per heavy atom. The molecule has 1 aliphatic heterocycles. The zero-order chi connectivity index (χ0) is 19.8. The van der Waals surface area contributed by atoms with Crippen molar-refractivity contribution < 1.29 is 32.6 Å².